The van der Waals surface area contributed by atoms with Crippen LogP contribution in [0.2, 0.25) is 0 Å². The van der Waals surface area contributed by atoms with Gasteiger partial charge in [-0.05, 0) is 29.3 Å². The Balaban J connectivity index is 2.52. The minimum Gasteiger partial charge on any atom is -0.274 e. The van der Waals surface area contributed by atoms with Crippen molar-refractivity contribution in [2.75, 3.05) is 6.26 Å². The third-order valence-electron chi connectivity index (χ3n) is 2.72. The van der Waals surface area contributed by atoms with E-state index in [2.05, 4.69) is 5.10 Å². The van der Waals surface area contributed by atoms with Crippen LogP contribution in [0.3, 0.4) is 0 Å². The second kappa shape index (κ2) is 4.79. The number of rotatable bonds is 3. The van der Waals surface area contributed by atoms with Crippen LogP contribution >= 0.6 is 11.6 Å². The van der Waals surface area contributed by atoms with Gasteiger partial charge in [0, 0.05) is 18.9 Å². The Morgan fingerprint density at radius 2 is 1.84 bits per heavy atom. The number of halogens is 1. The van der Waals surface area contributed by atoms with E-state index in [1.165, 1.54) is 23.0 Å². The Labute approximate surface area is 115 Å². The Hall–Kier alpha value is -1.66. The molecule has 0 amide bonds. The molecule has 0 unspecified atom stereocenters. The number of hydrogen-bond donors (Lipinski definition) is 0. The molecule has 0 aliphatic carbocycles. The molecule has 0 radical (unpaired) electrons. The van der Waals surface area contributed by atoms with Gasteiger partial charge in [-0.3, -0.25) is 9.48 Å². The number of carbonyl (C=O) groups is 1. The minimum absolute atomic E-state index is 0.221. The number of benzene rings is 1. The number of aromatic nitrogens is 2. The summed E-state index contributed by atoms with van der Waals surface area (Å²) in [6, 6.07) is 6.22. The van der Waals surface area contributed by atoms with Gasteiger partial charge in [0.1, 0.15) is 5.69 Å². The zero-order valence-electron chi connectivity index (χ0n) is 10.3. The lowest BCUT2D eigenvalue weighted by Crippen LogP contribution is -2.02. The van der Waals surface area contributed by atoms with Crippen LogP contribution in [0.5, 0.6) is 0 Å². The first-order chi connectivity index (χ1) is 8.80. The van der Waals surface area contributed by atoms with E-state index < -0.39 is 15.1 Å². The summed E-state index contributed by atoms with van der Waals surface area (Å²) in [4.78, 5) is 11.6. The minimum atomic E-state index is -3.24. The summed E-state index contributed by atoms with van der Waals surface area (Å²) in [5.41, 5.74) is 1.53. The third-order valence-corrected chi connectivity index (χ3v) is 4.03. The average molecular weight is 299 g/mol. The zero-order chi connectivity index (χ0) is 14.2. The fraction of sp³-hybridized carbons (Fsp3) is 0.167. The number of nitrogens with zero attached hydrogens (tertiary/aromatic N) is 2. The summed E-state index contributed by atoms with van der Waals surface area (Å²) in [5, 5.41) is 3.37. The number of aryl methyl sites for hydroxylation is 1. The summed E-state index contributed by atoms with van der Waals surface area (Å²) < 4.78 is 24.1. The molecule has 1 aromatic carbocycles. The third kappa shape index (κ3) is 2.69. The maximum Gasteiger partial charge on any atom is 0.271 e. The molecule has 5 nitrogen and oxygen atoms in total. The molecule has 0 atom stereocenters. The summed E-state index contributed by atoms with van der Waals surface area (Å²) in [6.45, 7) is 0. The highest BCUT2D eigenvalue weighted by molar-refractivity contribution is 7.90. The number of sulfone groups is 1. The first-order valence-electron chi connectivity index (χ1n) is 5.33. The van der Waals surface area contributed by atoms with E-state index in [1.54, 1.807) is 19.2 Å². The van der Waals surface area contributed by atoms with Crippen molar-refractivity contribution in [3.63, 3.8) is 0 Å². The van der Waals surface area contributed by atoms with E-state index >= 15 is 0 Å². The summed E-state index contributed by atoms with van der Waals surface area (Å²) in [7, 11) is -1.62. The molecule has 100 valence electrons. The van der Waals surface area contributed by atoms with Crippen LogP contribution in [0.15, 0.2) is 35.4 Å². The molecule has 0 aliphatic heterocycles. The Bertz CT molecular complexity index is 733. The van der Waals surface area contributed by atoms with Crippen molar-refractivity contribution in [2.45, 2.75) is 4.90 Å². The lowest BCUT2D eigenvalue weighted by atomic mass is 10.1. The molecule has 1 heterocycles. The van der Waals surface area contributed by atoms with Crippen LogP contribution in [0.25, 0.3) is 11.1 Å². The molecule has 0 saturated carbocycles. The summed E-state index contributed by atoms with van der Waals surface area (Å²) >= 11 is 5.51. The van der Waals surface area contributed by atoms with Crippen molar-refractivity contribution < 1.29 is 13.2 Å². The van der Waals surface area contributed by atoms with E-state index in [0.29, 0.717) is 11.1 Å². The summed E-state index contributed by atoms with van der Waals surface area (Å²) in [6.07, 6.45) is 2.66. The zero-order valence-corrected chi connectivity index (χ0v) is 11.9. The molecule has 0 aliphatic rings. The lowest BCUT2D eigenvalue weighted by Gasteiger charge is -2.03. The molecule has 0 fully saturated rings. The number of carbonyl (C=O) groups excluding carboxylic acids is 1. The lowest BCUT2D eigenvalue weighted by molar-refractivity contribution is 0.107. The van der Waals surface area contributed by atoms with E-state index in [9.17, 15) is 13.2 Å². The van der Waals surface area contributed by atoms with Gasteiger partial charge >= 0.3 is 0 Å². The molecule has 0 bridgehead atoms. The van der Waals surface area contributed by atoms with Gasteiger partial charge in [0.15, 0.2) is 9.84 Å². The fourth-order valence-corrected chi connectivity index (χ4v) is 2.62. The van der Waals surface area contributed by atoms with E-state index in [4.69, 9.17) is 11.6 Å². The predicted octanol–water partition coefficient (Wildman–Crippen LogP) is 1.87. The normalized spacial score (nSPS) is 11.5. The fourth-order valence-electron chi connectivity index (χ4n) is 1.76. The molecule has 2 rings (SSSR count). The quantitative estimate of drug-likeness (QED) is 0.811. The molecule has 1 aromatic heterocycles. The largest absolute Gasteiger partial charge is 0.274 e. The Kier molecular flexibility index (Phi) is 3.47. The first-order valence-corrected chi connectivity index (χ1v) is 7.60. The van der Waals surface area contributed by atoms with Gasteiger partial charge in [0.05, 0.1) is 11.1 Å². The predicted molar refractivity (Wildman–Crippen MR) is 71.9 cm³/mol. The van der Waals surface area contributed by atoms with Gasteiger partial charge in [-0.2, -0.15) is 5.10 Å². The van der Waals surface area contributed by atoms with Crippen molar-refractivity contribution in [3.8, 4) is 11.1 Å². The molecular formula is C12H11ClN2O3S. The molecule has 19 heavy (non-hydrogen) atoms. The number of hydrogen-bond acceptors (Lipinski definition) is 4. The van der Waals surface area contributed by atoms with Crippen LogP contribution in [0, 0.1) is 0 Å². The molecular weight excluding hydrogens is 288 g/mol. The molecule has 0 N–H and O–H groups in total. The summed E-state index contributed by atoms with van der Waals surface area (Å²) in [5.74, 6) is 0. The first kappa shape index (κ1) is 13.8. The van der Waals surface area contributed by atoms with Crippen LogP contribution in [-0.2, 0) is 16.9 Å². The van der Waals surface area contributed by atoms with Crippen LogP contribution < -0.4 is 0 Å². The standard InChI is InChI=1S/C12H11ClN2O3S/c1-15-11(12(13)16)10(7-14-15)8-3-5-9(6-4-8)19(2,17)18/h3-7H,1-2H3. The highest BCUT2D eigenvalue weighted by Gasteiger charge is 2.16. The van der Waals surface area contributed by atoms with Gasteiger partial charge in [0.2, 0.25) is 0 Å². The van der Waals surface area contributed by atoms with E-state index in [1.807, 2.05) is 0 Å². The van der Waals surface area contributed by atoms with Gasteiger partial charge in [-0.1, -0.05) is 12.1 Å². The van der Waals surface area contributed by atoms with Crippen molar-refractivity contribution in [1.29, 1.82) is 0 Å². The van der Waals surface area contributed by atoms with E-state index in [0.717, 1.165) is 6.26 Å². The van der Waals surface area contributed by atoms with Gasteiger partial charge in [-0.15, -0.1) is 0 Å². The van der Waals surface area contributed by atoms with Crippen LogP contribution in [-0.4, -0.2) is 29.7 Å². The van der Waals surface area contributed by atoms with Crippen LogP contribution in [0.1, 0.15) is 10.5 Å². The van der Waals surface area contributed by atoms with Crippen molar-refractivity contribution in [1.82, 2.24) is 9.78 Å². The molecule has 0 saturated heterocycles. The highest BCUT2D eigenvalue weighted by Crippen LogP contribution is 2.25. The monoisotopic (exact) mass is 298 g/mol. The second-order valence-electron chi connectivity index (χ2n) is 4.10. The molecule has 2 aromatic rings. The Morgan fingerprint density at radius 1 is 1.26 bits per heavy atom. The molecule has 7 heteroatoms. The SMILES string of the molecule is Cn1ncc(-c2ccc(S(C)(=O)=O)cc2)c1C(=O)Cl. The molecule has 0 spiro atoms. The topological polar surface area (TPSA) is 69.0 Å². The van der Waals surface area contributed by atoms with Crippen LogP contribution in [0.4, 0.5) is 0 Å². The smallest absolute Gasteiger partial charge is 0.271 e. The second-order valence-corrected chi connectivity index (χ2v) is 6.46. The maximum atomic E-state index is 11.4. The van der Waals surface area contributed by atoms with Crippen molar-refractivity contribution >= 4 is 26.7 Å². The average Bonchev–Trinajstić information content (AvgIpc) is 2.70. The maximum absolute atomic E-state index is 11.4. The van der Waals surface area contributed by atoms with Crippen molar-refractivity contribution in [2.24, 2.45) is 7.05 Å². The van der Waals surface area contributed by atoms with Gasteiger partial charge in [-0.25, -0.2) is 8.42 Å². The van der Waals surface area contributed by atoms with E-state index in [-0.39, 0.29) is 10.6 Å². The van der Waals surface area contributed by atoms with Crippen molar-refractivity contribution in [3.05, 3.63) is 36.2 Å². The van der Waals surface area contributed by atoms with Gasteiger partial charge < -0.3 is 0 Å². The van der Waals surface area contributed by atoms with Gasteiger partial charge in [0.25, 0.3) is 5.24 Å². The Morgan fingerprint density at radius 3 is 2.32 bits per heavy atom. The highest BCUT2D eigenvalue weighted by atomic mass is 35.5.